The molecule has 6 heteroatoms. The Kier molecular flexibility index (Phi) is 3.00. The van der Waals surface area contributed by atoms with Crippen molar-refractivity contribution < 1.29 is 4.79 Å². The van der Waals surface area contributed by atoms with Crippen molar-refractivity contribution in [1.82, 2.24) is 9.88 Å². The smallest absolute Gasteiger partial charge is 0.267 e. The first kappa shape index (κ1) is 11.2. The summed E-state index contributed by atoms with van der Waals surface area (Å²) in [6.07, 6.45) is 2.18. The van der Waals surface area contributed by atoms with E-state index in [2.05, 4.69) is 4.98 Å². The SMILES string of the molecule is CN(C)c1nc(N)c(C(=O)N2CCCC2)s1. The van der Waals surface area contributed by atoms with Crippen molar-refractivity contribution in [3.8, 4) is 0 Å². The summed E-state index contributed by atoms with van der Waals surface area (Å²) >= 11 is 1.36. The van der Waals surface area contributed by atoms with Gasteiger partial charge in [-0.15, -0.1) is 0 Å². The summed E-state index contributed by atoms with van der Waals surface area (Å²) in [5.41, 5.74) is 5.77. The lowest BCUT2D eigenvalue weighted by molar-refractivity contribution is 0.0798. The highest BCUT2D eigenvalue weighted by Gasteiger charge is 2.24. The van der Waals surface area contributed by atoms with Crippen molar-refractivity contribution in [1.29, 1.82) is 0 Å². The lowest BCUT2D eigenvalue weighted by Gasteiger charge is -2.13. The van der Waals surface area contributed by atoms with E-state index in [0.717, 1.165) is 31.1 Å². The maximum Gasteiger partial charge on any atom is 0.267 e. The van der Waals surface area contributed by atoms with Crippen LogP contribution in [0.3, 0.4) is 0 Å². The number of nitrogens with zero attached hydrogens (tertiary/aromatic N) is 3. The lowest BCUT2D eigenvalue weighted by Crippen LogP contribution is -2.27. The summed E-state index contributed by atoms with van der Waals surface area (Å²) < 4.78 is 0. The highest BCUT2D eigenvalue weighted by molar-refractivity contribution is 7.18. The van der Waals surface area contributed by atoms with Gasteiger partial charge in [0.05, 0.1) is 0 Å². The van der Waals surface area contributed by atoms with Gasteiger partial charge in [-0.2, -0.15) is 0 Å². The molecule has 1 aromatic rings. The molecule has 1 aliphatic heterocycles. The van der Waals surface area contributed by atoms with Gasteiger partial charge in [-0.05, 0) is 12.8 Å². The van der Waals surface area contributed by atoms with E-state index in [1.807, 2.05) is 23.9 Å². The Bertz CT molecular complexity index is 396. The molecule has 0 aliphatic carbocycles. The lowest BCUT2D eigenvalue weighted by atomic mass is 10.4. The quantitative estimate of drug-likeness (QED) is 0.838. The highest BCUT2D eigenvalue weighted by Crippen LogP contribution is 2.28. The van der Waals surface area contributed by atoms with Crippen LogP contribution in [0.2, 0.25) is 0 Å². The normalized spacial score (nSPS) is 15.5. The molecule has 16 heavy (non-hydrogen) atoms. The molecule has 1 saturated heterocycles. The number of rotatable bonds is 2. The zero-order valence-electron chi connectivity index (χ0n) is 9.56. The molecule has 0 saturated carbocycles. The van der Waals surface area contributed by atoms with Crippen LogP contribution in [0.5, 0.6) is 0 Å². The van der Waals surface area contributed by atoms with Gasteiger partial charge in [0.15, 0.2) is 5.13 Å². The van der Waals surface area contributed by atoms with Gasteiger partial charge < -0.3 is 15.5 Å². The van der Waals surface area contributed by atoms with Crippen LogP contribution in [0, 0.1) is 0 Å². The van der Waals surface area contributed by atoms with Crippen LogP contribution in [0.4, 0.5) is 10.9 Å². The van der Waals surface area contributed by atoms with Gasteiger partial charge in [-0.25, -0.2) is 4.98 Å². The Morgan fingerprint density at radius 3 is 2.56 bits per heavy atom. The molecule has 0 bridgehead atoms. The molecule has 2 N–H and O–H groups in total. The second-order valence-corrected chi connectivity index (χ2v) is 5.08. The van der Waals surface area contributed by atoms with Gasteiger partial charge >= 0.3 is 0 Å². The van der Waals surface area contributed by atoms with Crippen molar-refractivity contribution in [2.45, 2.75) is 12.8 Å². The number of nitrogens with two attached hydrogens (primary N) is 1. The van der Waals surface area contributed by atoms with Crippen LogP contribution in [-0.2, 0) is 0 Å². The Hall–Kier alpha value is -1.30. The number of anilines is 2. The largest absolute Gasteiger partial charge is 0.382 e. The molecule has 0 aromatic carbocycles. The number of carbonyl (C=O) groups excluding carboxylic acids is 1. The van der Waals surface area contributed by atoms with Crippen LogP contribution in [0.1, 0.15) is 22.5 Å². The topological polar surface area (TPSA) is 62.5 Å². The maximum atomic E-state index is 12.1. The number of aromatic nitrogens is 1. The Morgan fingerprint density at radius 1 is 1.44 bits per heavy atom. The van der Waals surface area contributed by atoms with E-state index in [-0.39, 0.29) is 5.91 Å². The number of amides is 1. The molecule has 1 aliphatic rings. The first-order chi connectivity index (χ1) is 7.59. The number of hydrogen-bond donors (Lipinski definition) is 1. The van der Waals surface area contributed by atoms with E-state index < -0.39 is 0 Å². The van der Waals surface area contributed by atoms with Crippen LogP contribution in [0.25, 0.3) is 0 Å². The van der Waals surface area contributed by atoms with E-state index in [1.165, 1.54) is 11.3 Å². The van der Waals surface area contributed by atoms with Gasteiger partial charge in [0.2, 0.25) is 0 Å². The van der Waals surface area contributed by atoms with Gasteiger partial charge in [0.1, 0.15) is 10.7 Å². The van der Waals surface area contributed by atoms with E-state index in [4.69, 9.17) is 5.73 Å². The van der Waals surface area contributed by atoms with Crippen molar-refractivity contribution >= 4 is 28.2 Å². The summed E-state index contributed by atoms with van der Waals surface area (Å²) in [4.78, 5) is 20.6. The third kappa shape index (κ3) is 1.97. The summed E-state index contributed by atoms with van der Waals surface area (Å²) in [6.45, 7) is 1.68. The molecule has 1 fully saturated rings. The average Bonchev–Trinajstić information content (AvgIpc) is 2.84. The maximum absolute atomic E-state index is 12.1. The number of nitrogen functional groups attached to an aromatic ring is 1. The summed E-state index contributed by atoms with van der Waals surface area (Å²) in [5, 5.41) is 0.778. The minimum absolute atomic E-state index is 0.0283. The number of hydrogen-bond acceptors (Lipinski definition) is 5. The molecular weight excluding hydrogens is 224 g/mol. The second kappa shape index (κ2) is 4.29. The fraction of sp³-hybridized carbons (Fsp3) is 0.600. The third-order valence-corrected chi connectivity index (χ3v) is 3.84. The van der Waals surface area contributed by atoms with Gasteiger partial charge in [0, 0.05) is 27.2 Å². The van der Waals surface area contributed by atoms with Crippen molar-refractivity contribution in [2.24, 2.45) is 0 Å². The molecule has 2 heterocycles. The van der Waals surface area contributed by atoms with Gasteiger partial charge in [-0.1, -0.05) is 11.3 Å². The zero-order chi connectivity index (χ0) is 11.7. The molecule has 5 nitrogen and oxygen atoms in total. The number of thiazole rings is 1. The standard InChI is InChI=1S/C10H16N4OS/c1-13(2)10-12-8(11)7(16-10)9(15)14-5-3-4-6-14/h3-6,11H2,1-2H3. The molecule has 88 valence electrons. The molecular formula is C10H16N4OS. The number of likely N-dealkylation sites (tertiary alicyclic amines) is 1. The van der Waals surface area contributed by atoms with Crippen LogP contribution >= 0.6 is 11.3 Å². The predicted molar refractivity (Wildman–Crippen MR) is 66.0 cm³/mol. The molecule has 0 radical (unpaired) electrons. The van der Waals surface area contributed by atoms with E-state index in [9.17, 15) is 4.79 Å². The van der Waals surface area contributed by atoms with Gasteiger partial charge in [-0.3, -0.25) is 4.79 Å². The van der Waals surface area contributed by atoms with Crippen molar-refractivity contribution in [3.63, 3.8) is 0 Å². The minimum Gasteiger partial charge on any atom is -0.382 e. The number of carbonyl (C=O) groups is 1. The van der Waals surface area contributed by atoms with Crippen LogP contribution in [0.15, 0.2) is 0 Å². The van der Waals surface area contributed by atoms with E-state index in [1.54, 1.807) is 0 Å². The average molecular weight is 240 g/mol. The fourth-order valence-corrected chi connectivity index (χ4v) is 2.60. The van der Waals surface area contributed by atoms with E-state index >= 15 is 0 Å². The van der Waals surface area contributed by atoms with Crippen molar-refractivity contribution in [3.05, 3.63) is 4.88 Å². The van der Waals surface area contributed by atoms with E-state index in [0.29, 0.717) is 10.7 Å². The fourth-order valence-electron chi connectivity index (χ4n) is 1.73. The van der Waals surface area contributed by atoms with Crippen molar-refractivity contribution in [2.75, 3.05) is 37.8 Å². The summed E-state index contributed by atoms with van der Waals surface area (Å²) in [7, 11) is 3.78. The Labute approximate surface area is 98.9 Å². The molecule has 1 amide bonds. The monoisotopic (exact) mass is 240 g/mol. The Morgan fingerprint density at radius 2 is 2.06 bits per heavy atom. The molecule has 1 aromatic heterocycles. The minimum atomic E-state index is 0.0283. The van der Waals surface area contributed by atoms with Crippen LogP contribution in [-0.4, -0.2) is 43.0 Å². The molecule has 0 spiro atoms. The highest BCUT2D eigenvalue weighted by atomic mass is 32.1. The second-order valence-electron chi connectivity index (χ2n) is 4.10. The van der Waals surface area contributed by atoms with Gasteiger partial charge in [0.25, 0.3) is 5.91 Å². The molecule has 0 atom stereocenters. The first-order valence-electron chi connectivity index (χ1n) is 5.32. The Balaban J connectivity index is 2.22. The zero-order valence-corrected chi connectivity index (χ0v) is 10.4. The summed E-state index contributed by atoms with van der Waals surface area (Å²) in [6, 6.07) is 0. The first-order valence-corrected chi connectivity index (χ1v) is 6.14. The van der Waals surface area contributed by atoms with Crippen LogP contribution < -0.4 is 10.6 Å². The third-order valence-electron chi connectivity index (χ3n) is 2.61. The molecule has 2 rings (SSSR count). The predicted octanol–water partition coefficient (Wildman–Crippen LogP) is 1.03. The summed E-state index contributed by atoms with van der Waals surface area (Å²) in [5.74, 6) is 0.381. The molecule has 0 unspecified atom stereocenters.